The van der Waals surface area contributed by atoms with Gasteiger partial charge in [0, 0.05) is 0 Å². The minimum atomic E-state index is 0.556. The van der Waals surface area contributed by atoms with Gasteiger partial charge in [0.15, 0.2) is 0 Å². The number of isocyanates is 4. The number of aliphatic imine (C=N–C) groups is 2. The predicted molar refractivity (Wildman–Crippen MR) is 117 cm³/mol. The van der Waals surface area contributed by atoms with Crippen LogP contribution in [0.25, 0.3) is 22.3 Å². The summed E-state index contributed by atoms with van der Waals surface area (Å²) in [5.74, 6) is 0. The number of nitrogens with one attached hydrogen (secondary N) is 2. The molecule has 0 unspecified atom stereocenters. The van der Waals surface area contributed by atoms with E-state index in [1.165, 1.54) is 40.0 Å². The van der Waals surface area contributed by atoms with Crippen molar-refractivity contribution in [1.82, 2.24) is 0 Å². The molecule has 0 atom stereocenters. The first-order valence-electron chi connectivity index (χ1n) is 9.47. The standard InChI is InChI=1S/C13H10.C8H12N2O2.2CHNO/c1-9-5-4-8-12-10-6-2-3-7-11(10)13(9)12;11-7-9-5-3-1-2-4-6-10-8-12;2*2-1-3/h2-8H,1H3;1-6H2;2*2H. The minimum Gasteiger partial charge on any atom is -0.222 e. The van der Waals surface area contributed by atoms with Crippen molar-refractivity contribution in [2.24, 2.45) is 9.98 Å². The molecule has 8 heteroatoms. The maximum Gasteiger partial charge on any atom is 0.234 e. The van der Waals surface area contributed by atoms with Crippen LogP contribution >= 0.6 is 0 Å². The smallest absolute Gasteiger partial charge is 0.222 e. The van der Waals surface area contributed by atoms with Gasteiger partial charge in [0.2, 0.25) is 24.3 Å². The highest BCUT2D eigenvalue weighted by Crippen LogP contribution is 2.48. The van der Waals surface area contributed by atoms with Crippen molar-refractivity contribution in [1.29, 1.82) is 10.8 Å². The van der Waals surface area contributed by atoms with Crippen LogP contribution in [-0.2, 0) is 19.2 Å². The lowest BCUT2D eigenvalue weighted by Gasteiger charge is -2.25. The van der Waals surface area contributed by atoms with Gasteiger partial charge in [-0.25, -0.2) is 40.0 Å². The van der Waals surface area contributed by atoms with Gasteiger partial charge in [-0.2, -0.15) is 0 Å². The molecule has 0 aromatic heterocycles. The molecule has 1 aliphatic rings. The molecule has 0 fully saturated rings. The molecule has 0 spiro atoms. The number of unbranched alkanes of at least 4 members (excludes halogenated alkanes) is 3. The van der Waals surface area contributed by atoms with Crippen molar-refractivity contribution in [3.05, 3.63) is 48.0 Å². The van der Waals surface area contributed by atoms with Crippen LogP contribution in [0.4, 0.5) is 0 Å². The Morgan fingerprint density at radius 1 is 0.677 bits per heavy atom. The SMILES string of the molecule is Cc1cccc2c1-c1ccccc1-2.N=C=O.N=C=O.O=C=NCCCCCCN=C=O. The molecule has 0 amide bonds. The van der Waals surface area contributed by atoms with E-state index in [1.807, 2.05) is 0 Å². The summed E-state index contributed by atoms with van der Waals surface area (Å²) in [7, 11) is 0. The van der Waals surface area contributed by atoms with Crippen molar-refractivity contribution in [3.63, 3.8) is 0 Å². The Bertz CT molecular complexity index is 945. The van der Waals surface area contributed by atoms with Crippen molar-refractivity contribution in [2.45, 2.75) is 32.6 Å². The first-order valence-corrected chi connectivity index (χ1v) is 9.47. The van der Waals surface area contributed by atoms with E-state index >= 15 is 0 Å². The Labute approximate surface area is 180 Å². The fourth-order valence-corrected chi connectivity index (χ4v) is 2.95. The third kappa shape index (κ3) is 10.3. The third-order valence-electron chi connectivity index (χ3n) is 4.18. The van der Waals surface area contributed by atoms with Crippen molar-refractivity contribution in [2.75, 3.05) is 13.1 Å². The number of carbonyl (C=O) groups excluding carboxylic acids is 4. The van der Waals surface area contributed by atoms with Crippen LogP contribution in [0, 0.1) is 17.7 Å². The van der Waals surface area contributed by atoms with Crippen LogP contribution in [-0.4, -0.2) is 37.4 Å². The number of aryl methyl sites for hydroxylation is 1. The molecular weight excluding hydrogens is 396 g/mol. The molecule has 0 aliphatic heterocycles. The van der Waals surface area contributed by atoms with Gasteiger partial charge in [-0.15, -0.1) is 0 Å². The van der Waals surface area contributed by atoms with Gasteiger partial charge in [-0.3, -0.25) is 0 Å². The molecule has 0 heterocycles. The zero-order chi connectivity index (χ0) is 23.3. The highest BCUT2D eigenvalue weighted by atomic mass is 16.1. The Hall–Kier alpha value is -4.04. The minimum absolute atomic E-state index is 0.556. The molecule has 0 radical (unpaired) electrons. The van der Waals surface area contributed by atoms with Crippen LogP contribution in [0.15, 0.2) is 52.4 Å². The van der Waals surface area contributed by atoms with Crippen molar-refractivity contribution < 1.29 is 19.2 Å². The van der Waals surface area contributed by atoms with Crippen molar-refractivity contribution in [3.8, 4) is 22.3 Å². The highest BCUT2D eigenvalue weighted by Gasteiger charge is 2.22. The fourth-order valence-electron chi connectivity index (χ4n) is 2.95. The molecule has 3 rings (SSSR count). The summed E-state index contributed by atoms with van der Waals surface area (Å²) in [4.78, 5) is 42.8. The maximum atomic E-state index is 9.63. The lowest BCUT2D eigenvalue weighted by Crippen LogP contribution is -1.99. The second kappa shape index (κ2) is 18.0. The monoisotopic (exact) mass is 420 g/mol. The number of hydrogen-bond donors (Lipinski definition) is 2. The Morgan fingerprint density at radius 3 is 1.61 bits per heavy atom. The summed E-state index contributed by atoms with van der Waals surface area (Å²) in [6.45, 7) is 3.29. The molecule has 2 aromatic carbocycles. The first kappa shape index (κ1) is 27.0. The number of nitrogens with zero attached hydrogens (tertiary/aromatic N) is 2. The van der Waals surface area contributed by atoms with Crippen LogP contribution < -0.4 is 0 Å². The van der Waals surface area contributed by atoms with Gasteiger partial charge in [-0.05, 0) is 47.6 Å². The first-order chi connectivity index (χ1) is 15.1. The van der Waals surface area contributed by atoms with E-state index in [4.69, 9.17) is 20.4 Å². The van der Waals surface area contributed by atoms with Crippen molar-refractivity contribution >= 4 is 24.3 Å². The number of benzene rings is 2. The van der Waals surface area contributed by atoms with E-state index in [0.717, 1.165) is 37.8 Å². The predicted octanol–water partition coefficient (Wildman–Crippen LogP) is 4.66. The quantitative estimate of drug-likeness (QED) is 0.326. The van der Waals surface area contributed by atoms with Crippen LogP contribution in [0.5, 0.6) is 0 Å². The maximum absolute atomic E-state index is 9.63. The Morgan fingerprint density at radius 2 is 1.13 bits per heavy atom. The average Bonchev–Trinajstić information content (AvgIpc) is 2.75. The second-order valence-electron chi connectivity index (χ2n) is 6.11. The zero-order valence-corrected chi connectivity index (χ0v) is 17.3. The van der Waals surface area contributed by atoms with Gasteiger partial charge >= 0.3 is 0 Å². The van der Waals surface area contributed by atoms with Crippen LogP contribution in [0.3, 0.4) is 0 Å². The number of rotatable bonds is 7. The molecule has 0 saturated heterocycles. The molecule has 160 valence electrons. The summed E-state index contributed by atoms with van der Waals surface area (Å²) < 4.78 is 0. The molecule has 0 bridgehead atoms. The van der Waals surface area contributed by atoms with E-state index in [-0.39, 0.29) is 0 Å². The van der Waals surface area contributed by atoms with E-state index in [0.29, 0.717) is 13.1 Å². The summed E-state index contributed by atoms with van der Waals surface area (Å²) in [6, 6.07) is 15.1. The summed E-state index contributed by atoms with van der Waals surface area (Å²) in [6.07, 6.45) is 8.30. The lowest BCUT2D eigenvalue weighted by atomic mass is 9.78. The summed E-state index contributed by atoms with van der Waals surface area (Å²) in [5, 5.41) is 10.8. The summed E-state index contributed by atoms with van der Waals surface area (Å²) >= 11 is 0. The molecular formula is C23H24N4O4. The van der Waals surface area contributed by atoms with E-state index in [2.05, 4.69) is 59.4 Å². The van der Waals surface area contributed by atoms with E-state index in [1.54, 1.807) is 0 Å². The van der Waals surface area contributed by atoms with Gasteiger partial charge < -0.3 is 0 Å². The average molecular weight is 420 g/mol. The number of fused-ring (bicyclic) bond motifs is 4. The zero-order valence-electron chi connectivity index (χ0n) is 17.3. The number of hydrogen-bond acceptors (Lipinski definition) is 8. The third-order valence-corrected chi connectivity index (χ3v) is 4.18. The molecule has 0 saturated carbocycles. The van der Waals surface area contributed by atoms with Gasteiger partial charge in [0.25, 0.3) is 0 Å². The molecule has 1 aliphatic carbocycles. The fraction of sp³-hybridized carbons (Fsp3) is 0.304. The van der Waals surface area contributed by atoms with Gasteiger partial charge in [-0.1, -0.05) is 55.3 Å². The van der Waals surface area contributed by atoms with E-state index < -0.39 is 0 Å². The normalized spacial score (nSPS) is 8.55. The van der Waals surface area contributed by atoms with Crippen LogP contribution in [0.2, 0.25) is 0 Å². The highest BCUT2D eigenvalue weighted by molar-refractivity contribution is 6.03. The summed E-state index contributed by atoms with van der Waals surface area (Å²) in [5.41, 5.74) is 7.06. The second-order valence-corrected chi connectivity index (χ2v) is 6.11. The largest absolute Gasteiger partial charge is 0.234 e. The lowest BCUT2D eigenvalue weighted by molar-refractivity contribution is 0.558. The van der Waals surface area contributed by atoms with Gasteiger partial charge in [0.1, 0.15) is 0 Å². The van der Waals surface area contributed by atoms with Gasteiger partial charge in [0.05, 0.1) is 13.1 Å². The topological polar surface area (TPSA) is 141 Å². The Kier molecular flexibility index (Phi) is 15.7. The molecule has 2 N–H and O–H groups in total. The molecule has 2 aromatic rings. The molecule has 8 nitrogen and oxygen atoms in total. The molecule has 31 heavy (non-hydrogen) atoms. The Balaban J connectivity index is 0.000000467. The van der Waals surface area contributed by atoms with E-state index in [9.17, 15) is 9.59 Å². The van der Waals surface area contributed by atoms with Crippen LogP contribution in [0.1, 0.15) is 31.2 Å².